The molecular formula is C25H26N4O2S. The van der Waals surface area contributed by atoms with Crippen LogP contribution in [-0.2, 0) is 6.42 Å². The number of aromatic nitrogens is 1. The molecule has 1 fully saturated rings. The largest absolute Gasteiger partial charge is 0.457 e. The highest BCUT2D eigenvalue weighted by Gasteiger charge is 2.16. The van der Waals surface area contributed by atoms with Crippen LogP contribution < -0.4 is 15.4 Å². The number of para-hydroxylation sites is 1. The molecule has 1 amide bonds. The molecule has 1 aliphatic rings. The normalized spacial score (nSPS) is 13.5. The summed E-state index contributed by atoms with van der Waals surface area (Å²) < 4.78 is 5.85. The number of hydrogen-bond donors (Lipinski definition) is 2. The van der Waals surface area contributed by atoms with Gasteiger partial charge in [0.2, 0.25) is 0 Å². The number of hydrogen-bond acceptors (Lipinski definition) is 5. The Morgan fingerprint density at radius 3 is 2.59 bits per heavy atom. The topological polar surface area (TPSA) is 66.5 Å². The molecule has 1 aliphatic heterocycles. The highest BCUT2D eigenvalue weighted by atomic mass is 32.1. The van der Waals surface area contributed by atoms with Gasteiger partial charge < -0.3 is 15.0 Å². The molecule has 7 heteroatoms. The maximum Gasteiger partial charge on any atom is 0.259 e. The third kappa shape index (κ3) is 6.12. The molecule has 2 heterocycles. The van der Waals surface area contributed by atoms with Gasteiger partial charge >= 0.3 is 0 Å². The Kier molecular flexibility index (Phi) is 7.42. The minimum Gasteiger partial charge on any atom is -0.457 e. The van der Waals surface area contributed by atoms with Crippen LogP contribution in [0.2, 0.25) is 0 Å². The molecular weight excluding hydrogens is 420 g/mol. The summed E-state index contributed by atoms with van der Waals surface area (Å²) in [7, 11) is 0. The summed E-state index contributed by atoms with van der Waals surface area (Å²) in [6.07, 6.45) is 4.95. The number of pyridine rings is 1. The van der Waals surface area contributed by atoms with Gasteiger partial charge in [-0.15, -0.1) is 0 Å². The number of benzene rings is 2. The van der Waals surface area contributed by atoms with E-state index >= 15 is 0 Å². The lowest BCUT2D eigenvalue weighted by molar-refractivity contribution is 0.0976. The second-order valence-corrected chi connectivity index (χ2v) is 8.06. The van der Waals surface area contributed by atoms with Gasteiger partial charge in [-0.2, -0.15) is 0 Å². The average molecular weight is 447 g/mol. The van der Waals surface area contributed by atoms with E-state index in [-0.39, 0.29) is 11.0 Å². The van der Waals surface area contributed by atoms with Crippen molar-refractivity contribution >= 4 is 28.9 Å². The highest BCUT2D eigenvalue weighted by molar-refractivity contribution is 7.80. The van der Waals surface area contributed by atoms with Crippen molar-refractivity contribution in [3.05, 3.63) is 84.2 Å². The van der Waals surface area contributed by atoms with E-state index in [1.54, 1.807) is 18.3 Å². The van der Waals surface area contributed by atoms with Crippen LogP contribution in [-0.4, -0.2) is 40.5 Å². The van der Waals surface area contributed by atoms with Crippen molar-refractivity contribution in [1.29, 1.82) is 0 Å². The molecule has 3 aromatic rings. The quantitative estimate of drug-likeness (QED) is 0.516. The second-order valence-electron chi connectivity index (χ2n) is 7.65. The Hall–Kier alpha value is -3.29. The average Bonchev–Trinajstić information content (AvgIpc) is 3.32. The molecule has 0 bridgehead atoms. The van der Waals surface area contributed by atoms with E-state index < -0.39 is 0 Å². The number of carbonyl (C=O) groups excluding carboxylic acids is 1. The summed E-state index contributed by atoms with van der Waals surface area (Å²) >= 11 is 5.37. The fourth-order valence-corrected chi connectivity index (χ4v) is 3.92. The number of ether oxygens (including phenoxy) is 1. The number of thiocarbonyl (C=S) groups is 1. The molecule has 4 rings (SSSR count). The van der Waals surface area contributed by atoms with Crippen LogP contribution in [0.1, 0.15) is 28.9 Å². The molecule has 32 heavy (non-hydrogen) atoms. The molecule has 164 valence electrons. The number of carbonyl (C=O) groups is 1. The van der Waals surface area contributed by atoms with Gasteiger partial charge in [-0.3, -0.25) is 15.1 Å². The SMILES string of the molecule is O=C(NC(=S)Nc1cccc(Oc2ccccc2)c1)c1cccnc1CCN1CCCC1. The number of rotatable bonds is 7. The van der Waals surface area contributed by atoms with Crippen molar-refractivity contribution in [3.63, 3.8) is 0 Å². The molecule has 6 nitrogen and oxygen atoms in total. The lowest BCUT2D eigenvalue weighted by Gasteiger charge is -2.16. The number of nitrogens with zero attached hydrogens (tertiary/aromatic N) is 2. The highest BCUT2D eigenvalue weighted by Crippen LogP contribution is 2.23. The third-order valence-electron chi connectivity index (χ3n) is 5.30. The van der Waals surface area contributed by atoms with Crippen LogP contribution >= 0.6 is 12.2 Å². The number of nitrogens with one attached hydrogen (secondary N) is 2. The van der Waals surface area contributed by atoms with Crippen molar-refractivity contribution in [2.24, 2.45) is 0 Å². The fourth-order valence-electron chi connectivity index (χ4n) is 3.71. The Balaban J connectivity index is 1.35. The summed E-state index contributed by atoms with van der Waals surface area (Å²) in [5.74, 6) is 1.16. The lowest BCUT2D eigenvalue weighted by atomic mass is 10.1. The Labute approximate surface area is 193 Å². The lowest BCUT2D eigenvalue weighted by Crippen LogP contribution is -2.35. The molecule has 2 N–H and O–H groups in total. The van der Waals surface area contributed by atoms with Gasteiger partial charge in [-0.1, -0.05) is 24.3 Å². The first-order chi connectivity index (χ1) is 15.7. The minimum absolute atomic E-state index is 0.223. The molecule has 1 aromatic heterocycles. The fraction of sp³-hybridized carbons (Fsp3) is 0.240. The van der Waals surface area contributed by atoms with E-state index in [1.165, 1.54) is 12.8 Å². The maximum absolute atomic E-state index is 12.9. The molecule has 0 atom stereocenters. The van der Waals surface area contributed by atoms with Crippen molar-refractivity contribution in [3.8, 4) is 11.5 Å². The van der Waals surface area contributed by atoms with Crippen LogP contribution in [0.5, 0.6) is 11.5 Å². The number of amides is 1. The Bertz CT molecular complexity index is 1070. The zero-order chi connectivity index (χ0) is 22.2. The van der Waals surface area contributed by atoms with Crippen LogP contribution in [0, 0.1) is 0 Å². The Morgan fingerprint density at radius 1 is 1.00 bits per heavy atom. The van der Waals surface area contributed by atoms with Crippen molar-refractivity contribution < 1.29 is 9.53 Å². The molecule has 2 aromatic carbocycles. The van der Waals surface area contributed by atoms with E-state index in [0.29, 0.717) is 11.3 Å². The minimum atomic E-state index is -0.260. The molecule has 1 saturated heterocycles. The van der Waals surface area contributed by atoms with Crippen molar-refractivity contribution in [1.82, 2.24) is 15.2 Å². The van der Waals surface area contributed by atoms with Crippen LogP contribution in [0.25, 0.3) is 0 Å². The number of likely N-dealkylation sites (tertiary alicyclic amines) is 1. The maximum atomic E-state index is 12.9. The molecule has 0 saturated carbocycles. The summed E-state index contributed by atoms with van der Waals surface area (Å²) in [5, 5.41) is 6.05. The number of anilines is 1. The standard InChI is InChI=1S/C25H26N4O2S/c30-24(22-12-7-14-26-23(22)13-17-29-15-4-5-16-29)28-25(32)27-19-8-6-11-21(18-19)31-20-9-2-1-3-10-20/h1-3,6-12,14,18H,4-5,13,15-17H2,(H2,27,28,30,32). The van der Waals surface area contributed by atoms with Gasteiger partial charge in [0.25, 0.3) is 5.91 Å². The van der Waals surface area contributed by atoms with E-state index in [0.717, 1.165) is 43.2 Å². The summed E-state index contributed by atoms with van der Waals surface area (Å²) in [4.78, 5) is 19.7. The third-order valence-corrected chi connectivity index (χ3v) is 5.50. The van der Waals surface area contributed by atoms with E-state index in [1.807, 2.05) is 54.6 Å². The molecule has 0 aliphatic carbocycles. The summed E-state index contributed by atoms with van der Waals surface area (Å²) in [6.45, 7) is 3.15. The summed E-state index contributed by atoms with van der Waals surface area (Å²) in [5.41, 5.74) is 2.07. The zero-order valence-corrected chi connectivity index (χ0v) is 18.6. The van der Waals surface area contributed by atoms with Gasteiger partial charge in [0.15, 0.2) is 5.11 Å². The van der Waals surface area contributed by atoms with Gasteiger partial charge in [0, 0.05) is 30.9 Å². The van der Waals surface area contributed by atoms with Crippen LogP contribution in [0.3, 0.4) is 0 Å². The second kappa shape index (κ2) is 10.8. The first-order valence-electron chi connectivity index (χ1n) is 10.8. The molecule has 0 spiro atoms. The van der Waals surface area contributed by atoms with E-state index in [2.05, 4.69) is 20.5 Å². The van der Waals surface area contributed by atoms with Gasteiger partial charge in [0.05, 0.1) is 11.3 Å². The van der Waals surface area contributed by atoms with Crippen LogP contribution in [0.15, 0.2) is 72.9 Å². The molecule has 0 unspecified atom stereocenters. The smallest absolute Gasteiger partial charge is 0.259 e. The first kappa shape index (κ1) is 21.9. The van der Waals surface area contributed by atoms with Gasteiger partial charge in [0.1, 0.15) is 11.5 Å². The summed E-state index contributed by atoms with van der Waals surface area (Å²) in [6, 6.07) is 20.5. The Morgan fingerprint density at radius 2 is 1.78 bits per heavy atom. The zero-order valence-electron chi connectivity index (χ0n) is 17.8. The first-order valence-corrected chi connectivity index (χ1v) is 11.2. The predicted molar refractivity (Wildman–Crippen MR) is 130 cm³/mol. The monoisotopic (exact) mass is 446 g/mol. The van der Waals surface area contributed by atoms with Gasteiger partial charge in [-0.05, 0) is 74.5 Å². The van der Waals surface area contributed by atoms with E-state index in [4.69, 9.17) is 17.0 Å². The van der Waals surface area contributed by atoms with Crippen molar-refractivity contribution in [2.45, 2.75) is 19.3 Å². The van der Waals surface area contributed by atoms with Crippen LogP contribution in [0.4, 0.5) is 5.69 Å². The van der Waals surface area contributed by atoms with E-state index in [9.17, 15) is 4.79 Å². The molecule has 0 radical (unpaired) electrons. The predicted octanol–water partition coefficient (Wildman–Crippen LogP) is 4.64. The van der Waals surface area contributed by atoms with Gasteiger partial charge in [-0.25, -0.2) is 0 Å². The van der Waals surface area contributed by atoms with Crippen molar-refractivity contribution in [2.75, 3.05) is 25.0 Å².